The molecule has 0 saturated carbocycles. The van der Waals surface area contributed by atoms with Crippen molar-refractivity contribution in [3.63, 3.8) is 0 Å². The standard InChI is InChI=1S/C13H15BrN2O3/c1-13(12(18)19)5-2-6-16(8-13)11(17)9-3-4-10(14)15-7-9/h3-4,7H,2,5-6,8H2,1H3,(H,18,19). The molecule has 1 N–H and O–H groups in total. The molecule has 2 heterocycles. The molecule has 5 nitrogen and oxygen atoms in total. The number of rotatable bonds is 2. The average molecular weight is 327 g/mol. The molecule has 0 aromatic carbocycles. The Morgan fingerprint density at radius 1 is 1.47 bits per heavy atom. The molecule has 19 heavy (non-hydrogen) atoms. The van der Waals surface area contributed by atoms with Crippen LogP contribution >= 0.6 is 15.9 Å². The number of carbonyl (C=O) groups is 2. The van der Waals surface area contributed by atoms with Gasteiger partial charge in [0.1, 0.15) is 4.60 Å². The maximum atomic E-state index is 12.3. The summed E-state index contributed by atoms with van der Waals surface area (Å²) in [6, 6.07) is 3.39. The van der Waals surface area contributed by atoms with E-state index in [0.717, 1.165) is 0 Å². The zero-order valence-corrected chi connectivity index (χ0v) is 12.2. The van der Waals surface area contributed by atoms with Crippen LogP contribution in [-0.4, -0.2) is 40.0 Å². The Morgan fingerprint density at radius 2 is 2.21 bits per heavy atom. The number of hydrogen-bond donors (Lipinski definition) is 1. The van der Waals surface area contributed by atoms with Crippen LogP contribution in [-0.2, 0) is 4.79 Å². The number of halogens is 1. The molecule has 2 rings (SSSR count). The summed E-state index contributed by atoms with van der Waals surface area (Å²) in [6.07, 6.45) is 2.81. The van der Waals surface area contributed by atoms with E-state index in [-0.39, 0.29) is 12.5 Å². The smallest absolute Gasteiger partial charge is 0.311 e. The molecule has 1 aromatic rings. The van der Waals surface area contributed by atoms with Crippen molar-refractivity contribution in [3.05, 3.63) is 28.5 Å². The van der Waals surface area contributed by atoms with E-state index in [9.17, 15) is 14.7 Å². The fourth-order valence-electron chi connectivity index (χ4n) is 2.27. The van der Waals surface area contributed by atoms with Gasteiger partial charge in [-0.05, 0) is 47.8 Å². The second kappa shape index (κ2) is 5.28. The lowest BCUT2D eigenvalue weighted by atomic mass is 9.82. The van der Waals surface area contributed by atoms with E-state index in [2.05, 4.69) is 20.9 Å². The molecule has 1 fully saturated rings. The Bertz CT molecular complexity index is 503. The van der Waals surface area contributed by atoms with E-state index in [1.807, 2.05) is 0 Å². The molecule has 1 amide bonds. The highest BCUT2D eigenvalue weighted by atomic mass is 79.9. The van der Waals surface area contributed by atoms with Gasteiger partial charge in [-0.15, -0.1) is 0 Å². The van der Waals surface area contributed by atoms with E-state index < -0.39 is 11.4 Å². The molecular weight excluding hydrogens is 312 g/mol. The van der Waals surface area contributed by atoms with Gasteiger partial charge >= 0.3 is 5.97 Å². The first-order valence-corrected chi connectivity index (χ1v) is 6.86. The van der Waals surface area contributed by atoms with E-state index >= 15 is 0 Å². The molecule has 1 atom stereocenters. The number of aliphatic carboxylic acids is 1. The number of amides is 1. The van der Waals surface area contributed by atoms with Gasteiger partial charge in [-0.1, -0.05) is 0 Å². The van der Waals surface area contributed by atoms with Crippen LogP contribution in [0.4, 0.5) is 0 Å². The highest BCUT2D eigenvalue weighted by molar-refractivity contribution is 9.10. The third-order valence-electron chi connectivity index (χ3n) is 3.47. The Balaban J connectivity index is 2.15. The summed E-state index contributed by atoms with van der Waals surface area (Å²) in [7, 11) is 0. The highest BCUT2D eigenvalue weighted by Gasteiger charge is 2.39. The summed E-state index contributed by atoms with van der Waals surface area (Å²) < 4.78 is 0.665. The van der Waals surface area contributed by atoms with Crippen molar-refractivity contribution in [2.45, 2.75) is 19.8 Å². The Labute approximate surface area is 119 Å². The molecule has 0 aliphatic carbocycles. The summed E-state index contributed by atoms with van der Waals surface area (Å²) in [5, 5.41) is 9.25. The van der Waals surface area contributed by atoms with Gasteiger partial charge in [-0.3, -0.25) is 9.59 Å². The lowest BCUT2D eigenvalue weighted by Crippen LogP contribution is -2.48. The van der Waals surface area contributed by atoms with Gasteiger partial charge in [-0.25, -0.2) is 4.98 Å². The minimum atomic E-state index is -0.850. The first-order chi connectivity index (χ1) is 8.92. The quantitative estimate of drug-likeness (QED) is 0.845. The van der Waals surface area contributed by atoms with Crippen molar-refractivity contribution >= 4 is 27.8 Å². The maximum absolute atomic E-state index is 12.3. The first kappa shape index (κ1) is 14.0. The lowest BCUT2D eigenvalue weighted by molar-refractivity contribution is -0.150. The van der Waals surface area contributed by atoms with Crippen molar-refractivity contribution in [1.82, 2.24) is 9.88 Å². The molecule has 0 bridgehead atoms. The number of carboxylic acids is 1. The van der Waals surface area contributed by atoms with Crippen LogP contribution in [0.3, 0.4) is 0 Å². The second-order valence-corrected chi connectivity index (χ2v) is 5.88. The van der Waals surface area contributed by atoms with Crippen molar-refractivity contribution in [2.75, 3.05) is 13.1 Å². The minimum absolute atomic E-state index is 0.160. The fourth-order valence-corrected chi connectivity index (χ4v) is 2.51. The molecule has 1 aliphatic heterocycles. The normalized spacial score (nSPS) is 23.2. The third-order valence-corrected chi connectivity index (χ3v) is 3.94. The summed E-state index contributed by atoms with van der Waals surface area (Å²) >= 11 is 3.21. The average Bonchev–Trinajstić information content (AvgIpc) is 2.39. The number of aromatic nitrogens is 1. The molecule has 1 saturated heterocycles. The topological polar surface area (TPSA) is 70.5 Å². The van der Waals surface area contributed by atoms with E-state index in [1.54, 1.807) is 24.0 Å². The minimum Gasteiger partial charge on any atom is -0.481 e. The maximum Gasteiger partial charge on any atom is 0.311 e. The van der Waals surface area contributed by atoms with E-state index in [0.29, 0.717) is 29.6 Å². The largest absolute Gasteiger partial charge is 0.481 e. The van der Waals surface area contributed by atoms with Crippen LogP contribution in [0.15, 0.2) is 22.9 Å². The number of hydrogen-bond acceptors (Lipinski definition) is 3. The van der Waals surface area contributed by atoms with Gasteiger partial charge in [-0.2, -0.15) is 0 Å². The van der Waals surface area contributed by atoms with E-state index in [4.69, 9.17) is 0 Å². The number of nitrogens with zero attached hydrogens (tertiary/aromatic N) is 2. The zero-order chi connectivity index (χ0) is 14.0. The monoisotopic (exact) mass is 326 g/mol. The molecular formula is C13H15BrN2O3. The van der Waals surface area contributed by atoms with Gasteiger partial charge in [0.05, 0.1) is 11.0 Å². The van der Waals surface area contributed by atoms with Gasteiger partial charge in [0.25, 0.3) is 5.91 Å². The van der Waals surface area contributed by atoms with Gasteiger partial charge in [0.2, 0.25) is 0 Å². The Hall–Kier alpha value is -1.43. The summed E-state index contributed by atoms with van der Waals surface area (Å²) in [5.74, 6) is -1.01. The molecule has 0 radical (unpaired) electrons. The molecule has 1 aromatic heterocycles. The molecule has 102 valence electrons. The van der Waals surface area contributed by atoms with Gasteiger partial charge < -0.3 is 10.0 Å². The summed E-state index contributed by atoms with van der Waals surface area (Å²) in [6.45, 7) is 2.53. The van der Waals surface area contributed by atoms with Crippen LogP contribution in [0.25, 0.3) is 0 Å². The number of carboxylic acid groups (broad SMARTS) is 1. The molecule has 1 aliphatic rings. The second-order valence-electron chi connectivity index (χ2n) is 5.07. The summed E-state index contributed by atoms with van der Waals surface area (Å²) in [4.78, 5) is 29.2. The SMILES string of the molecule is CC1(C(=O)O)CCCN(C(=O)c2ccc(Br)nc2)C1. The zero-order valence-electron chi connectivity index (χ0n) is 10.6. The summed E-state index contributed by atoms with van der Waals surface area (Å²) in [5.41, 5.74) is -0.366. The Morgan fingerprint density at radius 3 is 2.79 bits per heavy atom. The third kappa shape index (κ3) is 2.94. The predicted molar refractivity (Wildman–Crippen MR) is 72.8 cm³/mol. The van der Waals surface area contributed by atoms with Crippen LogP contribution in [0.2, 0.25) is 0 Å². The number of pyridine rings is 1. The van der Waals surface area contributed by atoms with Crippen molar-refractivity contribution in [2.24, 2.45) is 5.41 Å². The van der Waals surface area contributed by atoms with Crippen molar-refractivity contribution in [3.8, 4) is 0 Å². The number of piperidine rings is 1. The van der Waals surface area contributed by atoms with Crippen LogP contribution in [0, 0.1) is 5.41 Å². The first-order valence-electron chi connectivity index (χ1n) is 6.07. The van der Waals surface area contributed by atoms with Crippen LogP contribution in [0.1, 0.15) is 30.1 Å². The lowest BCUT2D eigenvalue weighted by Gasteiger charge is -2.37. The Kier molecular flexibility index (Phi) is 3.89. The number of likely N-dealkylation sites (tertiary alicyclic amines) is 1. The van der Waals surface area contributed by atoms with Crippen molar-refractivity contribution < 1.29 is 14.7 Å². The molecule has 1 unspecified atom stereocenters. The van der Waals surface area contributed by atoms with Crippen molar-refractivity contribution in [1.29, 1.82) is 0 Å². The van der Waals surface area contributed by atoms with E-state index in [1.165, 1.54) is 6.20 Å². The fraction of sp³-hybridized carbons (Fsp3) is 0.462. The van der Waals surface area contributed by atoms with Gasteiger partial charge in [0.15, 0.2) is 0 Å². The van der Waals surface area contributed by atoms with Crippen LogP contribution in [0.5, 0.6) is 0 Å². The van der Waals surface area contributed by atoms with Crippen LogP contribution < -0.4 is 0 Å². The molecule has 0 spiro atoms. The van der Waals surface area contributed by atoms with Gasteiger partial charge in [0, 0.05) is 19.3 Å². The highest BCUT2D eigenvalue weighted by Crippen LogP contribution is 2.30. The molecule has 6 heteroatoms. The number of carbonyl (C=O) groups excluding carboxylic acids is 1. The predicted octanol–water partition coefficient (Wildman–Crippen LogP) is 2.17.